The Labute approximate surface area is 87.0 Å². The third kappa shape index (κ3) is 1.97. The molecule has 0 saturated carbocycles. The Hall–Kier alpha value is -1.87. The van der Waals surface area contributed by atoms with Crippen LogP contribution in [-0.2, 0) is 6.61 Å². The van der Waals surface area contributed by atoms with Crippen molar-refractivity contribution in [1.29, 1.82) is 0 Å². The Balaban J connectivity index is 2.57. The molecular weight excluding hydrogens is 190 g/mol. The summed E-state index contributed by atoms with van der Waals surface area (Å²) in [6.07, 6.45) is 1.52. The molecule has 2 rings (SSSR count). The van der Waals surface area contributed by atoms with Gasteiger partial charge >= 0.3 is 0 Å². The Bertz CT molecular complexity index is 503. The van der Waals surface area contributed by atoms with E-state index in [2.05, 4.69) is 4.98 Å². The highest BCUT2D eigenvalue weighted by Crippen LogP contribution is 2.15. The first kappa shape index (κ1) is 9.68. The molecule has 15 heavy (non-hydrogen) atoms. The van der Waals surface area contributed by atoms with E-state index in [1.165, 1.54) is 6.20 Å². The van der Waals surface area contributed by atoms with Crippen LogP contribution in [0.25, 0.3) is 11.1 Å². The van der Waals surface area contributed by atoms with E-state index in [4.69, 9.17) is 5.11 Å². The van der Waals surface area contributed by atoms with Gasteiger partial charge in [0.05, 0.1) is 6.61 Å². The number of aromatic amines is 1. The summed E-state index contributed by atoms with van der Waals surface area (Å²) in [5.41, 5.74) is 2.00. The molecule has 0 aliphatic carbocycles. The summed E-state index contributed by atoms with van der Waals surface area (Å²) >= 11 is 0. The van der Waals surface area contributed by atoms with Crippen molar-refractivity contribution in [3.05, 3.63) is 58.5 Å². The SMILES string of the molecule is O=c1[nH]cc(CO)cc1-c1ccccc1. The number of aromatic nitrogens is 1. The molecule has 0 radical (unpaired) electrons. The first-order chi connectivity index (χ1) is 7.31. The van der Waals surface area contributed by atoms with Gasteiger partial charge in [0.1, 0.15) is 0 Å². The average molecular weight is 201 g/mol. The van der Waals surface area contributed by atoms with Crippen molar-refractivity contribution in [1.82, 2.24) is 4.98 Å². The molecule has 76 valence electrons. The molecule has 0 unspecified atom stereocenters. The molecule has 1 heterocycles. The summed E-state index contributed by atoms with van der Waals surface area (Å²) in [5.74, 6) is 0. The number of nitrogens with one attached hydrogen (secondary N) is 1. The number of pyridine rings is 1. The van der Waals surface area contributed by atoms with Gasteiger partial charge in [0, 0.05) is 11.8 Å². The highest BCUT2D eigenvalue weighted by molar-refractivity contribution is 5.62. The number of rotatable bonds is 2. The van der Waals surface area contributed by atoms with Gasteiger partial charge in [-0.1, -0.05) is 30.3 Å². The average Bonchev–Trinajstić information content (AvgIpc) is 2.31. The van der Waals surface area contributed by atoms with E-state index in [0.29, 0.717) is 11.1 Å². The predicted octanol–water partition coefficient (Wildman–Crippen LogP) is 1.53. The first-order valence-electron chi connectivity index (χ1n) is 4.69. The Morgan fingerprint density at radius 1 is 1.20 bits per heavy atom. The monoisotopic (exact) mass is 201 g/mol. The zero-order chi connectivity index (χ0) is 10.7. The van der Waals surface area contributed by atoms with E-state index in [1.807, 2.05) is 30.3 Å². The summed E-state index contributed by atoms with van der Waals surface area (Å²) in [6.45, 7) is -0.0728. The van der Waals surface area contributed by atoms with Gasteiger partial charge in [-0.05, 0) is 17.2 Å². The van der Waals surface area contributed by atoms with Crippen molar-refractivity contribution < 1.29 is 5.11 Å². The largest absolute Gasteiger partial charge is 0.392 e. The maximum atomic E-state index is 11.6. The van der Waals surface area contributed by atoms with Crippen LogP contribution < -0.4 is 5.56 Å². The zero-order valence-corrected chi connectivity index (χ0v) is 8.10. The summed E-state index contributed by atoms with van der Waals surface area (Å²) in [7, 11) is 0. The number of hydrogen-bond acceptors (Lipinski definition) is 2. The van der Waals surface area contributed by atoms with Crippen LogP contribution in [0.2, 0.25) is 0 Å². The maximum Gasteiger partial charge on any atom is 0.255 e. The Kier molecular flexibility index (Phi) is 2.65. The lowest BCUT2D eigenvalue weighted by Gasteiger charge is -2.02. The van der Waals surface area contributed by atoms with Crippen molar-refractivity contribution in [2.45, 2.75) is 6.61 Å². The number of hydrogen-bond donors (Lipinski definition) is 2. The first-order valence-corrected chi connectivity index (χ1v) is 4.69. The van der Waals surface area contributed by atoms with Gasteiger partial charge in [-0.25, -0.2) is 0 Å². The number of aliphatic hydroxyl groups is 1. The van der Waals surface area contributed by atoms with E-state index in [0.717, 1.165) is 5.56 Å². The Morgan fingerprint density at radius 3 is 2.60 bits per heavy atom. The van der Waals surface area contributed by atoms with Crippen molar-refractivity contribution in [3.63, 3.8) is 0 Å². The number of aliphatic hydroxyl groups excluding tert-OH is 1. The van der Waals surface area contributed by atoms with Gasteiger partial charge in [0.2, 0.25) is 0 Å². The van der Waals surface area contributed by atoms with Gasteiger partial charge in [0.25, 0.3) is 5.56 Å². The molecule has 0 aliphatic rings. The molecule has 2 aromatic rings. The maximum absolute atomic E-state index is 11.6. The van der Waals surface area contributed by atoms with E-state index >= 15 is 0 Å². The highest BCUT2D eigenvalue weighted by Gasteiger charge is 2.03. The topological polar surface area (TPSA) is 53.1 Å². The predicted molar refractivity (Wildman–Crippen MR) is 58.4 cm³/mol. The zero-order valence-electron chi connectivity index (χ0n) is 8.10. The molecule has 2 N–H and O–H groups in total. The van der Waals surface area contributed by atoms with Gasteiger partial charge in [-0.2, -0.15) is 0 Å². The van der Waals surface area contributed by atoms with Crippen molar-refractivity contribution in [2.75, 3.05) is 0 Å². The second kappa shape index (κ2) is 4.11. The van der Waals surface area contributed by atoms with E-state index in [-0.39, 0.29) is 12.2 Å². The quantitative estimate of drug-likeness (QED) is 0.774. The van der Waals surface area contributed by atoms with Crippen molar-refractivity contribution in [3.8, 4) is 11.1 Å². The molecule has 3 heteroatoms. The smallest absolute Gasteiger partial charge is 0.255 e. The fraction of sp³-hybridized carbons (Fsp3) is 0.0833. The summed E-state index contributed by atoms with van der Waals surface area (Å²) in [5, 5.41) is 8.98. The standard InChI is InChI=1S/C12H11NO2/c14-8-9-6-11(12(15)13-7-9)10-4-2-1-3-5-10/h1-7,14H,8H2,(H,13,15). The minimum absolute atomic E-state index is 0.0728. The van der Waals surface area contributed by atoms with Crippen LogP contribution in [0.4, 0.5) is 0 Å². The van der Waals surface area contributed by atoms with E-state index in [9.17, 15) is 4.79 Å². The van der Waals surface area contributed by atoms with Crippen LogP contribution >= 0.6 is 0 Å². The van der Waals surface area contributed by atoms with Gasteiger partial charge in [-0.3, -0.25) is 4.79 Å². The van der Waals surface area contributed by atoms with Crippen molar-refractivity contribution in [2.24, 2.45) is 0 Å². The van der Waals surface area contributed by atoms with Gasteiger partial charge < -0.3 is 10.1 Å². The molecule has 0 spiro atoms. The van der Waals surface area contributed by atoms with Crippen LogP contribution in [0.5, 0.6) is 0 Å². The molecular formula is C12H11NO2. The second-order valence-electron chi connectivity index (χ2n) is 3.27. The summed E-state index contributed by atoms with van der Waals surface area (Å²) < 4.78 is 0. The lowest BCUT2D eigenvalue weighted by molar-refractivity contribution is 0.281. The number of H-pyrrole nitrogens is 1. The molecule has 0 atom stereocenters. The van der Waals surface area contributed by atoms with Gasteiger partial charge in [-0.15, -0.1) is 0 Å². The fourth-order valence-electron chi connectivity index (χ4n) is 1.45. The van der Waals surface area contributed by atoms with E-state index < -0.39 is 0 Å². The normalized spacial score (nSPS) is 10.2. The molecule has 0 aliphatic heterocycles. The molecule has 0 fully saturated rings. The third-order valence-electron chi connectivity index (χ3n) is 2.23. The molecule has 0 bridgehead atoms. The molecule has 1 aromatic heterocycles. The van der Waals surface area contributed by atoms with Crippen molar-refractivity contribution >= 4 is 0 Å². The summed E-state index contributed by atoms with van der Waals surface area (Å²) in [6, 6.07) is 11.1. The lowest BCUT2D eigenvalue weighted by atomic mass is 10.1. The summed E-state index contributed by atoms with van der Waals surface area (Å²) in [4.78, 5) is 14.2. The number of benzene rings is 1. The Morgan fingerprint density at radius 2 is 1.93 bits per heavy atom. The van der Waals surface area contributed by atoms with Crippen LogP contribution in [0, 0.1) is 0 Å². The van der Waals surface area contributed by atoms with Crippen LogP contribution in [0.15, 0.2) is 47.4 Å². The molecule has 3 nitrogen and oxygen atoms in total. The van der Waals surface area contributed by atoms with Crippen LogP contribution in [0.3, 0.4) is 0 Å². The third-order valence-corrected chi connectivity index (χ3v) is 2.23. The van der Waals surface area contributed by atoms with Crippen LogP contribution in [0.1, 0.15) is 5.56 Å². The fourth-order valence-corrected chi connectivity index (χ4v) is 1.45. The minimum atomic E-state index is -0.140. The molecule has 0 amide bonds. The molecule has 1 aromatic carbocycles. The highest BCUT2D eigenvalue weighted by atomic mass is 16.3. The second-order valence-corrected chi connectivity index (χ2v) is 3.27. The van der Waals surface area contributed by atoms with Crippen LogP contribution in [-0.4, -0.2) is 10.1 Å². The van der Waals surface area contributed by atoms with E-state index in [1.54, 1.807) is 6.07 Å². The minimum Gasteiger partial charge on any atom is -0.392 e. The van der Waals surface area contributed by atoms with Gasteiger partial charge in [0.15, 0.2) is 0 Å². The lowest BCUT2D eigenvalue weighted by Crippen LogP contribution is -2.09. The molecule has 0 saturated heterocycles.